The van der Waals surface area contributed by atoms with Crippen molar-refractivity contribution < 1.29 is 32.3 Å². The second-order valence-electron chi connectivity index (χ2n) is 11.1. The number of hydrogen-bond acceptors (Lipinski definition) is 7. The van der Waals surface area contributed by atoms with Crippen molar-refractivity contribution in [3.63, 3.8) is 0 Å². The van der Waals surface area contributed by atoms with Crippen LogP contribution in [0, 0.1) is 6.92 Å². The third-order valence-electron chi connectivity index (χ3n) is 7.85. The Labute approximate surface area is 261 Å². The summed E-state index contributed by atoms with van der Waals surface area (Å²) in [6, 6.07) is 17.8. The van der Waals surface area contributed by atoms with E-state index in [4.69, 9.17) is 19.3 Å². The van der Waals surface area contributed by atoms with Crippen molar-refractivity contribution in [1.82, 2.24) is 14.5 Å². The highest BCUT2D eigenvalue weighted by atomic mass is 32.2. The molecule has 1 aliphatic carbocycles. The molecule has 2 aromatic heterocycles. The van der Waals surface area contributed by atoms with Gasteiger partial charge in [0, 0.05) is 43.6 Å². The van der Waals surface area contributed by atoms with Crippen LogP contribution in [0.25, 0.3) is 16.7 Å². The number of carboxylic acid groups (broad SMARTS) is 1. The normalized spacial score (nSPS) is 14.7. The predicted octanol–water partition coefficient (Wildman–Crippen LogP) is 5.98. The first kappa shape index (κ1) is 32.1. The van der Waals surface area contributed by atoms with E-state index in [2.05, 4.69) is 4.90 Å². The molecule has 0 atom stereocenters. The molecular weight excluding hydrogens is 609 g/mol. The van der Waals surface area contributed by atoms with Gasteiger partial charge in [-0.25, -0.2) is 9.78 Å². The molecule has 1 fully saturated rings. The standard InChI is InChI=1S/C30H32N4O3S.C2HF3O2/c1-20-18-21-8-6-13-26(28(21)37-20)32(2)16-15-27(35)33-17-14-25-24(19-33)29(36)34(22-9-4-3-5-10-22)30(31-25)38-23-11-7-12-23;3-2(4,5)1(6)7/h3-6,8-10,13,18,23H,7,11-12,14-17,19H2,1-2H3;(H,6,7). The summed E-state index contributed by atoms with van der Waals surface area (Å²) >= 11 is 1.72. The van der Waals surface area contributed by atoms with E-state index in [0.717, 1.165) is 51.8 Å². The second-order valence-corrected chi connectivity index (χ2v) is 12.3. The van der Waals surface area contributed by atoms with Crippen molar-refractivity contribution in [2.24, 2.45) is 0 Å². The Morgan fingerprint density at radius 3 is 2.49 bits per heavy atom. The van der Waals surface area contributed by atoms with Crippen LogP contribution in [0.2, 0.25) is 0 Å². The smallest absolute Gasteiger partial charge is 0.475 e. The van der Waals surface area contributed by atoms with Crippen molar-refractivity contribution in [2.45, 2.75) is 62.2 Å². The lowest BCUT2D eigenvalue weighted by Crippen LogP contribution is -2.42. The summed E-state index contributed by atoms with van der Waals surface area (Å²) in [7, 11) is 1.98. The highest BCUT2D eigenvalue weighted by Crippen LogP contribution is 2.36. The number of halogens is 3. The number of fused-ring (bicyclic) bond motifs is 2. The number of para-hydroxylation sites is 2. The number of thioether (sulfide) groups is 1. The molecule has 0 radical (unpaired) electrons. The Morgan fingerprint density at radius 2 is 1.84 bits per heavy atom. The number of aryl methyl sites for hydroxylation is 1. The van der Waals surface area contributed by atoms with Crippen LogP contribution in [0.5, 0.6) is 0 Å². The van der Waals surface area contributed by atoms with E-state index in [1.807, 2.05) is 73.5 Å². The van der Waals surface area contributed by atoms with Gasteiger partial charge in [-0.1, -0.05) is 48.5 Å². The Hall–Kier alpha value is -4.26. The average Bonchev–Trinajstić information content (AvgIpc) is 3.38. The molecule has 4 aromatic rings. The molecule has 0 spiro atoms. The van der Waals surface area contributed by atoms with Crippen molar-refractivity contribution in [3.05, 3.63) is 82.0 Å². The zero-order valence-corrected chi connectivity index (χ0v) is 25.7. The molecular formula is C32H33F3N4O5S. The molecule has 238 valence electrons. The number of carboxylic acids is 1. The first-order valence-electron chi connectivity index (χ1n) is 14.6. The summed E-state index contributed by atoms with van der Waals surface area (Å²) < 4.78 is 39.4. The van der Waals surface area contributed by atoms with Crippen LogP contribution in [0.1, 0.15) is 42.7 Å². The molecule has 1 saturated carbocycles. The summed E-state index contributed by atoms with van der Waals surface area (Å²) in [6.07, 6.45) is -0.558. The van der Waals surface area contributed by atoms with E-state index in [1.54, 1.807) is 16.3 Å². The van der Waals surface area contributed by atoms with Crippen LogP contribution in [-0.4, -0.2) is 63.0 Å². The maximum Gasteiger partial charge on any atom is 0.490 e. The van der Waals surface area contributed by atoms with Gasteiger partial charge >= 0.3 is 12.1 Å². The fourth-order valence-corrected chi connectivity index (χ4v) is 6.53. The molecule has 0 bridgehead atoms. The Kier molecular flexibility index (Phi) is 9.56. The fraction of sp³-hybridized carbons (Fsp3) is 0.375. The molecule has 6 rings (SSSR count). The van der Waals surface area contributed by atoms with Crippen LogP contribution in [0.3, 0.4) is 0 Å². The topological polar surface area (TPSA) is 109 Å². The number of benzene rings is 2. The van der Waals surface area contributed by atoms with E-state index >= 15 is 0 Å². The number of amides is 1. The summed E-state index contributed by atoms with van der Waals surface area (Å²) in [4.78, 5) is 44.9. The van der Waals surface area contributed by atoms with Gasteiger partial charge in [0.25, 0.3) is 5.56 Å². The maximum absolute atomic E-state index is 13.8. The number of aromatic nitrogens is 2. The first-order valence-corrected chi connectivity index (χ1v) is 15.5. The molecule has 13 heteroatoms. The lowest BCUT2D eigenvalue weighted by atomic mass is 10.0. The molecule has 0 saturated heterocycles. The average molecular weight is 643 g/mol. The summed E-state index contributed by atoms with van der Waals surface area (Å²) in [6.45, 7) is 3.39. The quantitative estimate of drug-likeness (QED) is 0.246. The van der Waals surface area contributed by atoms with Crippen LogP contribution < -0.4 is 10.5 Å². The number of furan rings is 1. The third-order valence-corrected chi connectivity index (χ3v) is 9.14. The zero-order chi connectivity index (χ0) is 32.3. The number of hydrogen-bond donors (Lipinski definition) is 1. The van der Waals surface area contributed by atoms with Gasteiger partial charge in [0.05, 0.1) is 29.2 Å². The Morgan fingerprint density at radius 1 is 1.13 bits per heavy atom. The maximum atomic E-state index is 13.8. The number of nitrogens with zero attached hydrogens (tertiary/aromatic N) is 4. The van der Waals surface area contributed by atoms with Gasteiger partial charge < -0.3 is 19.3 Å². The summed E-state index contributed by atoms with van der Waals surface area (Å²) in [5.74, 6) is -1.84. The highest BCUT2D eigenvalue weighted by Gasteiger charge is 2.38. The lowest BCUT2D eigenvalue weighted by molar-refractivity contribution is -0.192. The van der Waals surface area contributed by atoms with Crippen LogP contribution >= 0.6 is 11.8 Å². The minimum atomic E-state index is -5.08. The van der Waals surface area contributed by atoms with Gasteiger partial charge in [0.15, 0.2) is 10.7 Å². The van der Waals surface area contributed by atoms with Crippen molar-refractivity contribution in [2.75, 3.05) is 25.0 Å². The molecule has 45 heavy (non-hydrogen) atoms. The summed E-state index contributed by atoms with van der Waals surface area (Å²) in [5, 5.41) is 9.47. The van der Waals surface area contributed by atoms with Gasteiger partial charge in [-0.2, -0.15) is 13.2 Å². The fourth-order valence-electron chi connectivity index (χ4n) is 5.21. The van der Waals surface area contributed by atoms with E-state index < -0.39 is 12.1 Å². The number of alkyl halides is 3. The zero-order valence-electron chi connectivity index (χ0n) is 24.8. The van der Waals surface area contributed by atoms with Gasteiger partial charge in [-0.05, 0) is 44.0 Å². The van der Waals surface area contributed by atoms with Gasteiger partial charge in [0.2, 0.25) is 5.91 Å². The van der Waals surface area contributed by atoms with Gasteiger partial charge in [-0.15, -0.1) is 0 Å². The minimum Gasteiger partial charge on any atom is -0.475 e. The van der Waals surface area contributed by atoms with E-state index in [1.165, 1.54) is 6.42 Å². The van der Waals surface area contributed by atoms with E-state index in [9.17, 15) is 22.8 Å². The number of carbonyl (C=O) groups is 2. The highest BCUT2D eigenvalue weighted by molar-refractivity contribution is 7.99. The predicted molar refractivity (Wildman–Crippen MR) is 165 cm³/mol. The van der Waals surface area contributed by atoms with Crippen molar-refractivity contribution in [3.8, 4) is 5.69 Å². The van der Waals surface area contributed by atoms with Crippen LogP contribution in [0.15, 0.2) is 69.0 Å². The Balaban J connectivity index is 0.000000515. The number of rotatable bonds is 7. The second kappa shape index (κ2) is 13.4. The van der Waals surface area contributed by atoms with E-state index in [0.29, 0.717) is 43.3 Å². The number of anilines is 1. The van der Waals surface area contributed by atoms with E-state index in [-0.39, 0.29) is 11.5 Å². The first-order chi connectivity index (χ1) is 21.4. The molecule has 0 unspecified atom stereocenters. The lowest BCUT2D eigenvalue weighted by Gasteiger charge is -2.31. The molecule has 9 nitrogen and oxygen atoms in total. The monoisotopic (exact) mass is 642 g/mol. The van der Waals surface area contributed by atoms with Crippen LogP contribution in [-0.2, 0) is 22.6 Å². The molecule has 1 amide bonds. The SMILES string of the molecule is Cc1cc2cccc(N(C)CCC(=O)N3CCc4nc(SC5CCC5)n(-c5ccccc5)c(=O)c4C3)c2o1.O=C(O)C(F)(F)F. The molecule has 2 aromatic carbocycles. The largest absolute Gasteiger partial charge is 0.490 e. The van der Waals surface area contributed by atoms with Gasteiger partial charge in [-0.3, -0.25) is 14.2 Å². The minimum absolute atomic E-state index is 0.0453. The van der Waals surface area contributed by atoms with Crippen LogP contribution in [0.4, 0.5) is 18.9 Å². The molecule has 1 aliphatic heterocycles. The molecule has 2 aliphatic rings. The summed E-state index contributed by atoms with van der Waals surface area (Å²) in [5.41, 5.74) is 4.05. The number of carbonyl (C=O) groups excluding carboxylic acids is 1. The Bertz CT molecular complexity index is 1750. The number of aliphatic carboxylic acids is 1. The van der Waals surface area contributed by atoms with Crippen molar-refractivity contribution >= 4 is 40.3 Å². The van der Waals surface area contributed by atoms with Crippen molar-refractivity contribution in [1.29, 1.82) is 0 Å². The third kappa shape index (κ3) is 7.35. The van der Waals surface area contributed by atoms with Gasteiger partial charge in [0.1, 0.15) is 5.76 Å². The molecule has 1 N–H and O–H groups in total. The molecule has 3 heterocycles.